The molecule has 0 aliphatic rings. The highest BCUT2D eigenvalue weighted by molar-refractivity contribution is 7.89. The van der Waals surface area contributed by atoms with Crippen molar-refractivity contribution >= 4 is 10.0 Å². The molecule has 0 aliphatic heterocycles. The van der Waals surface area contributed by atoms with E-state index in [1.807, 2.05) is 0 Å². The van der Waals surface area contributed by atoms with Crippen LogP contribution in [0.25, 0.3) is 0 Å². The summed E-state index contributed by atoms with van der Waals surface area (Å²) in [5, 5.41) is 6.61. The third-order valence-electron chi connectivity index (χ3n) is 3.02. The van der Waals surface area contributed by atoms with E-state index >= 15 is 0 Å². The van der Waals surface area contributed by atoms with Crippen LogP contribution >= 0.6 is 0 Å². The summed E-state index contributed by atoms with van der Waals surface area (Å²) in [5.41, 5.74) is 6.39. The third kappa shape index (κ3) is 2.62. The summed E-state index contributed by atoms with van der Waals surface area (Å²) in [6.07, 6.45) is 1.52. The minimum Gasteiger partial charge on any atom is -0.468 e. The maximum atomic E-state index is 12.7. The van der Waals surface area contributed by atoms with Crippen LogP contribution in [-0.2, 0) is 23.1 Å². The van der Waals surface area contributed by atoms with Crippen molar-refractivity contribution in [2.45, 2.75) is 31.8 Å². The lowest BCUT2D eigenvalue weighted by molar-refractivity contribution is 0.375. The Morgan fingerprint density at radius 1 is 1.50 bits per heavy atom. The zero-order chi connectivity index (χ0) is 14.8. The first-order valence-electron chi connectivity index (χ1n) is 6.27. The SMILES string of the molecule is CCN(Cc1ccco1)S(=O)(=O)c1c(CN)n[nH]c1C. The first-order chi connectivity index (χ1) is 9.50. The molecule has 8 heteroatoms. The Hall–Kier alpha value is -1.64. The van der Waals surface area contributed by atoms with Crippen LogP contribution in [0.3, 0.4) is 0 Å². The highest BCUT2D eigenvalue weighted by Gasteiger charge is 2.30. The maximum absolute atomic E-state index is 12.7. The van der Waals surface area contributed by atoms with Crippen LogP contribution in [-0.4, -0.2) is 29.5 Å². The molecule has 0 aromatic carbocycles. The topological polar surface area (TPSA) is 105 Å². The second-order valence-electron chi connectivity index (χ2n) is 4.34. The molecule has 0 unspecified atom stereocenters. The number of nitrogens with one attached hydrogen (secondary N) is 1. The van der Waals surface area contributed by atoms with Gasteiger partial charge < -0.3 is 10.2 Å². The molecule has 0 fully saturated rings. The number of nitrogens with zero attached hydrogens (tertiary/aromatic N) is 2. The van der Waals surface area contributed by atoms with Gasteiger partial charge in [0.25, 0.3) is 0 Å². The van der Waals surface area contributed by atoms with Gasteiger partial charge in [0.2, 0.25) is 10.0 Å². The van der Waals surface area contributed by atoms with Crippen LogP contribution in [0.2, 0.25) is 0 Å². The van der Waals surface area contributed by atoms with E-state index in [0.717, 1.165) is 0 Å². The van der Waals surface area contributed by atoms with Crippen LogP contribution < -0.4 is 5.73 Å². The quantitative estimate of drug-likeness (QED) is 0.827. The number of aromatic amines is 1. The van der Waals surface area contributed by atoms with E-state index in [4.69, 9.17) is 10.2 Å². The van der Waals surface area contributed by atoms with Gasteiger partial charge in [-0.15, -0.1) is 0 Å². The van der Waals surface area contributed by atoms with Crippen molar-refractivity contribution in [3.63, 3.8) is 0 Å². The van der Waals surface area contributed by atoms with Gasteiger partial charge in [0.05, 0.1) is 24.2 Å². The largest absolute Gasteiger partial charge is 0.468 e. The van der Waals surface area contributed by atoms with Crippen LogP contribution in [0.4, 0.5) is 0 Å². The van der Waals surface area contributed by atoms with Gasteiger partial charge >= 0.3 is 0 Å². The van der Waals surface area contributed by atoms with Crippen LogP contribution in [0.15, 0.2) is 27.7 Å². The van der Waals surface area contributed by atoms with E-state index in [0.29, 0.717) is 23.7 Å². The van der Waals surface area contributed by atoms with E-state index < -0.39 is 10.0 Å². The minimum absolute atomic E-state index is 0.0667. The average Bonchev–Trinajstić information content (AvgIpc) is 3.04. The normalized spacial score (nSPS) is 12.2. The van der Waals surface area contributed by atoms with Crippen molar-refractivity contribution < 1.29 is 12.8 Å². The third-order valence-corrected chi connectivity index (χ3v) is 5.14. The number of rotatable bonds is 6. The zero-order valence-electron chi connectivity index (χ0n) is 11.5. The Bertz CT molecular complexity index is 661. The molecule has 2 heterocycles. The number of sulfonamides is 1. The molecule has 2 aromatic rings. The fraction of sp³-hybridized carbons (Fsp3) is 0.417. The van der Waals surface area contributed by atoms with E-state index in [9.17, 15) is 8.42 Å². The van der Waals surface area contributed by atoms with Gasteiger partial charge in [0.15, 0.2) is 0 Å². The molecule has 3 N–H and O–H groups in total. The Labute approximate surface area is 117 Å². The highest BCUT2D eigenvalue weighted by Crippen LogP contribution is 2.23. The molecule has 0 saturated carbocycles. The molecule has 0 aliphatic carbocycles. The first-order valence-corrected chi connectivity index (χ1v) is 7.71. The fourth-order valence-corrected chi connectivity index (χ4v) is 3.78. The lowest BCUT2D eigenvalue weighted by Gasteiger charge is -2.19. The number of H-pyrrole nitrogens is 1. The zero-order valence-corrected chi connectivity index (χ0v) is 12.3. The molecular formula is C12H18N4O3S. The highest BCUT2D eigenvalue weighted by atomic mass is 32.2. The standard InChI is InChI=1S/C12H18N4O3S/c1-3-16(8-10-5-4-6-19-10)20(17,18)12-9(2)14-15-11(12)7-13/h4-6H,3,7-8,13H2,1-2H3,(H,14,15). The predicted octanol–water partition coefficient (Wildman–Crippen LogP) is 0.981. The first kappa shape index (κ1) is 14.8. The Kier molecular flexibility index (Phi) is 4.26. The Balaban J connectivity index is 2.39. The lowest BCUT2D eigenvalue weighted by Crippen LogP contribution is -2.31. The summed E-state index contributed by atoms with van der Waals surface area (Å²) < 4.78 is 32.0. The predicted molar refractivity (Wildman–Crippen MR) is 73.2 cm³/mol. The van der Waals surface area contributed by atoms with Crippen molar-refractivity contribution in [2.24, 2.45) is 5.73 Å². The number of hydrogen-bond acceptors (Lipinski definition) is 5. The van der Waals surface area contributed by atoms with Gasteiger partial charge in [0.1, 0.15) is 10.7 Å². The van der Waals surface area contributed by atoms with Gasteiger partial charge in [-0.3, -0.25) is 5.10 Å². The molecule has 7 nitrogen and oxygen atoms in total. The monoisotopic (exact) mass is 298 g/mol. The van der Waals surface area contributed by atoms with Gasteiger partial charge in [0, 0.05) is 13.1 Å². The molecule has 0 radical (unpaired) electrons. The van der Waals surface area contributed by atoms with Gasteiger partial charge in [-0.1, -0.05) is 6.92 Å². The van der Waals surface area contributed by atoms with Crippen molar-refractivity contribution in [2.75, 3.05) is 6.54 Å². The summed E-state index contributed by atoms with van der Waals surface area (Å²) >= 11 is 0. The van der Waals surface area contributed by atoms with E-state index in [-0.39, 0.29) is 18.0 Å². The average molecular weight is 298 g/mol. The summed E-state index contributed by atoms with van der Waals surface area (Å²) in [5.74, 6) is 0.589. The summed E-state index contributed by atoms with van der Waals surface area (Å²) in [7, 11) is -3.66. The smallest absolute Gasteiger partial charge is 0.247 e. The molecule has 20 heavy (non-hydrogen) atoms. The molecule has 110 valence electrons. The second-order valence-corrected chi connectivity index (χ2v) is 6.21. The number of furan rings is 1. The number of nitrogens with two attached hydrogens (primary N) is 1. The Morgan fingerprint density at radius 2 is 2.25 bits per heavy atom. The second kappa shape index (κ2) is 5.78. The van der Waals surface area contributed by atoms with Crippen molar-refractivity contribution in [3.8, 4) is 0 Å². The fourth-order valence-electron chi connectivity index (χ4n) is 2.02. The lowest BCUT2D eigenvalue weighted by atomic mass is 10.4. The van der Waals surface area contributed by atoms with E-state index in [2.05, 4.69) is 10.2 Å². The minimum atomic E-state index is -3.66. The van der Waals surface area contributed by atoms with Crippen molar-refractivity contribution in [1.29, 1.82) is 0 Å². The van der Waals surface area contributed by atoms with Crippen LogP contribution in [0.1, 0.15) is 24.1 Å². The van der Waals surface area contributed by atoms with E-state index in [1.165, 1.54) is 10.6 Å². The number of hydrogen-bond donors (Lipinski definition) is 2. The number of aryl methyl sites for hydroxylation is 1. The maximum Gasteiger partial charge on any atom is 0.247 e. The van der Waals surface area contributed by atoms with Gasteiger partial charge in [-0.2, -0.15) is 9.40 Å². The van der Waals surface area contributed by atoms with Crippen LogP contribution in [0, 0.1) is 6.92 Å². The molecule has 0 saturated heterocycles. The molecule has 0 amide bonds. The molecule has 0 atom stereocenters. The molecule has 2 rings (SSSR count). The summed E-state index contributed by atoms with van der Waals surface area (Å²) in [4.78, 5) is 0.161. The summed E-state index contributed by atoms with van der Waals surface area (Å²) in [6, 6.07) is 3.47. The molecule has 0 spiro atoms. The van der Waals surface area contributed by atoms with Crippen LogP contribution in [0.5, 0.6) is 0 Å². The van der Waals surface area contributed by atoms with Gasteiger partial charge in [-0.05, 0) is 19.1 Å². The Morgan fingerprint density at radius 3 is 2.80 bits per heavy atom. The summed E-state index contributed by atoms with van der Waals surface area (Å²) in [6.45, 7) is 4.02. The molecule has 2 aromatic heterocycles. The molecule has 0 bridgehead atoms. The van der Waals surface area contributed by atoms with Crippen molar-refractivity contribution in [1.82, 2.24) is 14.5 Å². The van der Waals surface area contributed by atoms with Gasteiger partial charge in [-0.25, -0.2) is 8.42 Å². The van der Waals surface area contributed by atoms with Crippen molar-refractivity contribution in [3.05, 3.63) is 35.5 Å². The molecular weight excluding hydrogens is 280 g/mol. The van der Waals surface area contributed by atoms with E-state index in [1.54, 1.807) is 26.0 Å². The number of aromatic nitrogens is 2.